The summed E-state index contributed by atoms with van der Waals surface area (Å²) in [5.74, 6) is 1.08. The van der Waals surface area contributed by atoms with Crippen LogP contribution in [0.4, 0.5) is 0 Å². The maximum absolute atomic E-state index is 12.4. The van der Waals surface area contributed by atoms with Crippen LogP contribution >= 0.6 is 11.8 Å². The Bertz CT molecular complexity index is 543. The van der Waals surface area contributed by atoms with Crippen molar-refractivity contribution in [1.29, 1.82) is 0 Å². The summed E-state index contributed by atoms with van der Waals surface area (Å²) in [4.78, 5) is 0.302. The van der Waals surface area contributed by atoms with Gasteiger partial charge < -0.3 is 5.11 Å². The number of thioether (sulfide) groups is 1. The topological polar surface area (TPSA) is 66.4 Å². The first kappa shape index (κ1) is 16.8. The molecule has 118 valence electrons. The van der Waals surface area contributed by atoms with E-state index in [1.165, 1.54) is 0 Å². The number of benzene rings is 1. The molecule has 1 aromatic carbocycles. The van der Waals surface area contributed by atoms with Gasteiger partial charge in [0.2, 0.25) is 10.0 Å². The van der Waals surface area contributed by atoms with E-state index in [1.807, 2.05) is 11.8 Å². The van der Waals surface area contributed by atoms with Crippen LogP contribution in [0.2, 0.25) is 0 Å². The average molecular weight is 329 g/mol. The van der Waals surface area contributed by atoms with Crippen LogP contribution in [-0.4, -0.2) is 37.2 Å². The van der Waals surface area contributed by atoms with Gasteiger partial charge in [-0.3, -0.25) is 0 Å². The third kappa shape index (κ3) is 4.71. The summed E-state index contributed by atoms with van der Waals surface area (Å²) in [5, 5.41) is 9.45. The summed E-state index contributed by atoms with van der Waals surface area (Å²) in [7, 11) is -3.44. The summed E-state index contributed by atoms with van der Waals surface area (Å²) < 4.78 is 27.5. The number of hydrogen-bond acceptors (Lipinski definition) is 4. The smallest absolute Gasteiger partial charge is 0.240 e. The zero-order valence-corrected chi connectivity index (χ0v) is 13.9. The normalized spacial score (nSPS) is 22.6. The predicted molar refractivity (Wildman–Crippen MR) is 87.1 cm³/mol. The number of hydrogen-bond donors (Lipinski definition) is 2. The van der Waals surface area contributed by atoms with Gasteiger partial charge in [0.25, 0.3) is 0 Å². The van der Waals surface area contributed by atoms with Crippen molar-refractivity contribution >= 4 is 21.8 Å². The van der Waals surface area contributed by atoms with Crippen LogP contribution < -0.4 is 4.72 Å². The Morgan fingerprint density at radius 2 is 2.00 bits per heavy atom. The zero-order valence-electron chi connectivity index (χ0n) is 12.3. The van der Waals surface area contributed by atoms with Crippen molar-refractivity contribution in [2.75, 3.05) is 12.4 Å². The van der Waals surface area contributed by atoms with Crippen molar-refractivity contribution in [3.8, 4) is 0 Å². The Morgan fingerprint density at radius 3 is 2.62 bits per heavy atom. The van der Waals surface area contributed by atoms with E-state index in [-0.39, 0.29) is 12.6 Å². The molecule has 1 aromatic rings. The molecule has 4 nitrogen and oxygen atoms in total. The summed E-state index contributed by atoms with van der Waals surface area (Å²) in [6.07, 6.45) is 3.47. The molecule has 0 saturated heterocycles. The lowest BCUT2D eigenvalue weighted by Crippen LogP contribution is -2.33. The minimum Gasteiger partial charge on any atom is -0.396 e. The molecule has 0 amide bonds. The molecule has 2 N–H and O–H groups in total. The van der Waals surface area contributed by atoms with Gasteiger partial charge >= 0.3 is 0 Å². The van der Waals surface area contributed by atoms with Crippen LogP contribution in [0.5, 0.6) is 0 Å². The third-order valence-electron chi connectivity index (χ3n) is 3.74. The number of sulfonamides is 1. The minimum atomic E-state index is -3.44. The molecule has 0 radical (unpaired) electrons. The molecular weight excluding hydrogens is 306 g/mol. The van der Waals surface area contributed by atoms with Crippen LogP contribution in [0.15, 0.2) is 29.2 Å². The fraction of sp³-hybridized carbons (Fsp3) is 0.600. The standard InChI is InChI=1S/C15H23NO3S2/c1-2-20-14-6-5-13(11-14)16-21(18,19)15-7-3-12(4-8-15)9-10-17/h3-4,7-8,13-14,16-17H,2,5-6,9-11H2,1H3. The molecule has 1 fully saturated rings. The summed E-state index contributed by atoms with van der Waals surface area (Å²) in [6, 6.07) is 6.79. The SMILES string of the molecule is CCSC1CCC(NS(=O)(=O)c2ccc(CCO)cc2)C1. The Kier molecular flexibility index (Phi) is 6.10. The van der Waals surface area contributed by atoms with Gasteiger partial charge in [0.05, 0.1) is 4.90 Å². The second-order valence-corrected chi connectivity index (χ2v) is 8.62. The molecule has 2 unspecified atom stereocenters. The van der Waals surface area contributed by atoms with Crippen LogP contribution in [-0.2, 0) is 16.4 Å². The number of nitrogens with one attached hydrogen (secondary N) is 1. The van der Waals surface area contributed by atoms with Crippen LogP contribution in [0, 0.1) is 0 Å². The summed E-state index contributed by atoms with van der Waals surface area (Å²) in [6.45, 7) is 2.21. The van der Waals surface area contributed by atoms with Gasteiger partial charge in [0.1, 0.15) is 0 Å². The number of rotatable bonds is 7. The van der Waals surface area contributed by atoms with Crippen LogP contribution in [0.3, 0.4) is 0 Å². The van der Waals surface area contributed by atoms with Gasteiger partial charge in [-0.1, -0.05) is 19.1 Å². The van der Waals surface area contributed by atoms with Crippen molar-refractivity contribution in [3.63, 3.8) is 0 Å². The largest absolute Gasteiger partial charge is 0.396 e. The Morgan fingerprint density at radius 1 is 1.29 bits per heavy atom. The van der Waals surface area contributed by atoms with Crippen molar-refractivity contribution in [1.82, 2.24) is 4.72 Å². The Labute approximate surface area is 131 Å². The highest BCUT2D eigenvalue weighted by Gasteiger charge is 2.28. The minimum absolute atomic E-state index is 0.0520. The first-order valence-corrected chi connectivity index (χ1v) is 9.92. The highest BCUT2D eigenvalue weighted by atomic mass is 32.2. The van der Waals surface area contributed by atoms with Crippen molar-refractivity contribution in [2.45, 2.75) is 48.8 Å². The van der Waals surface area contributed by atoms with Gasteiger partial charge in [0.15, 0.2) is 0 Å². The Balaban J connectivity index is 1.98. The first-order chi connectivity index (χ1) is 10.0. The van der Waals surface area contributed by atoms with Gasteiger partial charge in [-0.25, -0.2) is 13.1 Å². The molecule has 1 saturated carbocycles. The first-order valence-electron chi connectivity index (χ1n) is 7.39. The molecule has 0 bridgehead atoms. The van der Waals surface area contributed by atoms with E-state index in [9.17, 15) is 8.42 Å². The Hall–Kier alpha value is -0.560. The maximum Gasteiger partial charge on any atom is 0.240 e. The van der Waals surface area contributed by atoms with E-state index < -0.39 is 10.0 Å². The van der Waals surface area contributed by atoms with Crippen molar-refractivity contribution < 1.29 is 13.5 Å². The van der Waals surface area contributed by atoms with E-state index in [0.29, 0.717) is 16.6 Å². The second-order valence-electron chi connectivity index (χ2n) is 5.33. The molecule has 1 aliphatic carbocycles. The van der Waals surface area contributed by atoms with Gasteiger partial charge in [-0.15, -0.1) is 0 Å². The van der Waals surface area contributed by atoms with E-state index in [2.05, 4.69) is 11.6 Å². The molecule has 6 heteroatoms. The van der Waals surface area contributed by atoms with Crippen molar-refractivity contribution in [2.24, 2.45) is 0 Å². The lowest BCUT2D eigenvalue weighted by atomic mass is 10.2. The van der Waals surface area contributed by atoms with E-state index in [0.717, 1.165) is 30.6 Å². The fourth-order valence-corrected chi connectivity index (χ4v) is 5.11. The molecule has 2 rings (SSSR count). The van der Waals surface area contributed by atoms with Crippen LogP contribution in [0.25, 0.3) is 0 Å². The molecular formula is C15H23NO3S2. The third-order valence-corrected chi connectivity index (χ3v) is 6.51. The van der Waals surface area contributed by atoms with Gasteiger partial charge in [0, 0.05) is 17.9 Å². The lowest BCUT2D eigenvalue weighted by Gasteiger charge is -2.14. The number of aliphatic hydroxyl groups is 1. The van der Waals surface area contributed by atoms with Gasteiger partial charge in [-0.05, 0) is 49.1 Å². The second kappa shape index (κ2) is 7.63. The molecule has 2 atom stereocenters. The van der Waals surface area contributed by atoms with E-state index in [4.69, 9.17) is 5.11 Å². The monoisotopic (exact) mass is 329 g/mol. The molecule has 0 aliphatic heterocycles. The zero-order chi connectivity index (χ0) is 15.3. The highest BCUT2D eigenvalue weighted by Crippen LogP contribution is 2.30. The summed E-state index contributed by atoms with van der Waals surface area (Å²) >= 11 is 1.91. The molecule has 1 aliphatic rings. The van der Waals surface area contributed by atoms with Crippen molar-refractivity contribution in [3.05, 3.63) is 29.8 Å². The molecule has 0 heterocycles. The summed E-state index contributed by atoms with van der Waals surface area (Å²) in [5.41, 5.74) is 0.941. The van der Waals surface area contributed by atoms with Crippen LogP contribution in [0.1, 0.15) is 31.7 Å². The molecule has 0 aromatic heterocycles. The lowest BCUT2D eigenvalue weighted by molar-refractivity contribution is 0.299. The average Bonchev–Trinajstić information content (AvgIpc) is 2.87. The fourth-order valence-electron chi connectivity index (χ4n) is 2.69. The molecule has 21 heavy (non-hydrogen) atoms. The predicted octanol–water partition coefficient (Wildman–Crippen LogP) is 2.17. The van der Waals surface area contributed by atoms with E-state index >= 15 is 0 Å². The number of aliphatic hydroxyl groups excluding tert-OH is 1. The highest BCUT2D eigenvalue weighted by molar-refractivity contribution is 7.99. The van der Waals surface area contributed by atoms with E-state index in [1.54, 1.807) is 24.3 Å². The molecule has 0 spiro atoms. The quantitative estimate of drug-likeness (QED) is 0.804. The maximum atomic E-state index is 12.4. The van der Waals surface area contributed by atoms with Gasteiger partial charge in [-0.2, -0.15) is 11.8 Å².